The van der Waals surface area contributed by atoms with Crippen LogP contribution in [0.4, 0.5) is 0 Å². The van der Waals surface area contributed by atoms with Crippen LogP contribution in [0, 0.1) is 25.3 Å². The van der Waals surface area contributed by atoms with E-state index in [1.54, 1.807) is 5.57 Å². The Balaban J connectivity index is 0.000000250. The molecule has 0 spiro atoms. The Morgan fingerprint density at radius 3 is 2.69 bits per heavy atom. The third-order valence-corrected chi connectivity index (χ3v) is 5.21. The molecule has 0 bridgehead atoms. The van der Waals surface area contributed by atoms with Crippen molar-refractivity contribution in [2.45, 2.75) is 32.6 Å². The average Bonchev–Trinajstić information content (AvgIpc) is 3.20. The van der Waals surface area contributed by atoms with Crippen LogP contribution in [0.3, 0.4) is 0 Å². The number of aryl methyl sites for hydroxylation is 1. The van der Waals surface area contributed by atoms with Crippen molar-refractivity contribution < 1.29 is 51.0 Å². The third-order valence-electron chi connectivity index (χ3n) is 5.21. The molecule has 0 N–H and O–H groups in total. The summed E-state index contributed by atoms with van der Waals surface area (Å²) >= 11 is 0. The third kappa shape index (κ3) is 4.75. The van der Waals surface area contributed by atoms with E-state index in [2.05, 4.69) is 68.0 Å². The molecule has 0 aliphatic heterocycles. The predicted octanol–water partition coefficient (Wildman–Crippen LogP) is -0.141. The van der Waals surface area contributed by atoms with E-state index >= 15 is 0 Å². The van der Waals surface area contributed by atoms with Crippen LogP contribution in [0.1, 0.15) is 36.0 Å². The van der Waals surface area contributed by atoms with E-state index in [0.29, 0.717) is 0 Å². The number of halogens is 2. The van der Waals surface area contributed by atoms with Crippen molar-refractivity contribution >= 4 is 0 Å². The van der Waals surface area contributed by atoms with Crippen molar-refractivity contribution in [3.63, 3.8) is 0 Å². The molecule has 3 heteroatoms. The van der Waals surface area contributed by atoms with Crippen LogP contribution < -0.4 is 24.8 Å². The fourth-order valence-electron chi connectivity index (χ4n) is 3.91. The van der Waals surface area contributed by atoms with E-state index < -0.39 is 0 Å². The van der Waals surface area contributed by atoms with Gasteiger partial charge in [-0.3, -0.25) is 0 Å². The molecule has 0 saturated heterocycles. The van der Waals surface area contributed by atoms with Crippen LogP contribution in [0.25, 0.3) is 11.1 Å². The fraction of sp³-hybridized carbons (Fsp3) is 0.261. The zero-order chi connectivity index (χ0) is 15.6. The quantitative estimate of drug-likeness (QED) is 0.410. The standard InChI is InChI=1S/C14H11.C9H11.2ClH.Zr/c1-10-5-4-8-13-12-7-3-2-6-11(12)9-14(10)13;1-2-5-9-7-3-6-8(9)4-1;;;/h2-4,6-8H,9H2,1H3;1-2,4,6,9H,3,5,7H2;2*1H;/q2*-1;;;+4/p-2. The first kappa shape index (κ1) is 23.3. The Bertz CT molecular complexity index is 793. The summed E-state index contributed by atoms with van der Waals surface area (Å²) in [6.45, 7) is 2.14. The van der Waals surface area contributed by atoms with Crippen molar-refractivity contribution in [2.75, 3.05) is 0 Å². The van der Waals surface area contributed by atoms with Crippen LogP contribution in [0.2, 0.25) is 0 Å². The van der Waals surface area contributed by atoms with E-state index in [1.807, 2.05) is 6.07 Å². The molecular formula is C23H22Cl2Zr. The molecule has 0 aromatic heterocycles. The summed E-state index contributed by atoms with van der Waals surface area (Å²) in [4.78, 5) is 0. The molecular weight excluding hydrogens is 438 g/mol. The SMILES string of the molecule is C1=CCC2CC[CH-]C2=C1.Cc1[c-]ccc2c1Cc1ccccc1-2.[Cl-].[Cl-].[Zr+4]. The number of hydrogen-bond donors (Lipinski definition) is 0. The Morgan fingerprint density at radius 2 is 1.88 bits per heavy atom. The first-order valence-electron chi connectivity index (χ1n) is 8.61. The van der Waals surface area contributed by atoms with Gasteiger partial charge >= 0.3 is 26.2 Å². The molecule has 0 nitrogen and oxygen atoms in total. The fourth-order valence-corrected chi connectivity index (χ4v) is 3.91. The minimum atomic E-state index is 0. The maximum absolute atomic E-state index is 3.27. The molecule has 2 aromatic rings. The summed E-state index contributed by atoms with van der Waals surface area (Å²) in [5.74, 6) is 0.884. The van der Waals surface area contributed by atoms with Crippen LogP contribution in [0.5, 0.6) is 0 Å². The van der Waals surface area contributed by atoms with E-state index in [9.17, 15) is 0 Å². The Labute approximate surface area is 189 Å². The van der Waals surface area contributed by atoms with Gasteiger partial charge in [-0.25, -0.2) is 18.1 Å². The second-order valence-electron chi connectivity index (χ2n) is 6.64. The van der Waals surface area contributed by atoms with Gasteiger partial charge in [0.2, 0.25) is 0 Å². The smallest absolute Gasteiger partial charge is 1.00 e. The molecule has 1 fully saturated rings. The summed E-state index contributed by atoms with van der Waals surface area (Å²) in [5.41, 5.74) is 8.58. The summed E-state index contributed by atoms with van der Waals surface area (Å²) in [7, 11) is 0. The van der Waals surface area contributed by atoms with Gasteiger partial charge in [0.15, 0.2) is 0 Å². The molecule has 0 amide bonds. The maximum atomic E-state index is 3.27. The zero-order valence-corrected chi connectivity index (χ0v) is 18.9. The van der Waals surface area contributed by atoms with Gasteiger partial charge in [0, 0.05) is 0 Å². The molecule has 132 valence electrons. The van der Waals surface area contributed by atoms with Gasteiger partial charge in [-0.1, -0.05) is 37.6 Å². The van der Waals surface area contributed by atoms with Gasteiger partial charge in [0.1, 0.15) is 0 Å². The largest absolute Gasteiger partial charge is 4.00 e. The van der Waals surface area contributed by atoms with Crippen LogP contribution in [-0.4, -0.2) is 0 Å². The van der Waals surface area contributed by atoms with Crippen LogP contribution in [0.15, 0.2) is 60.2 Å². The molecule has 3 aliphatic rings. The number of hydrogen-bond acceptors (Lipinski definition) is 0. The normalized spacial score (nSPS) is 17.4. The Morgan fingerprint density at radius 1 is 1.08 bits per heavy atom. The molecule has 3 aliphatic carbocycles. The summed E-state index contributed by atoms with van der Waals surface area (Å²) in [5, 5.41) is 0. The summed E-state index contributed by atoms with van der Waals surface area (Å²) < 4.78 is 0. The molecule has 5 rings (SSSR count). The minimum absolute atomic E-state index is 0. The summed E-state index contributed by atoms with van der Waals surface area (Å²) in [6.07, 6.45) is 14.1. The van der Waals surface area contributed by atoms with E-state index in [4.69, 9.17) is 0 Å². The second kappa shape index (κ2) is 10.6. The van der Waals surface area contributed by atoms with Crippen molar-refractivity contribution in [1.82, 2.24) is 0 Å². The van der Waals surface area contributed by atoms with Crippen molar-refractivity contribution in [3.8, 4) is 11.1 Å². The number of fused-ring (bicyclic) bond motifs is 4. The van der Waals surface area contributed by atoms with Crippen molar-refractivity contribution in [3.05, 3.63) is 89.4 Å². The van der Waals surface area contributed by atoms with Crippen LogP contribution >= 0.6 is 0 Å². The Kier molecular flexibility index (Phi) is 9.45. The van der Waals surface area contributed by atoms with Gasteiger partial charge in [0.05, 0.1) is 0 Å². The first-order valence-corrected chi connectivity index (χ1v) is 8.61. The molecule has 0 heterocycles. The summed E-state index contributed by atoms with van der Waals surface area (Å²) in [6, 6.07) is 16.1. The molecule has 1 atom stereocenters. The number of benzene rings is 2. The topological polar surface area (TPSA) is 0 Å². The minimum Gasteiger partial charge on any atom is -1.00 e. The van der Waals surface area contributed by atoms with Crippen molar-refractivity contribution in [2.24, 2.45) is 5.92 Å². The number of allylic oxidation sites excluding steroid dienone is 4. The average molecular weight is 461 g/mol. The maximum Gasteiger partial charge on any atom is 4.00 e. The van der Waals surface area contributed by atoms with Gasteiger partial charge in [-0.15, -0.1) is 29.7 Å². The molecule has 0 radical (unpaired) electrons. The molecule has 2 aromatic carbocycles. The van der Waals surface area contributed by atoms with Crippen LogP contribution in [-0.2, 0) is 32.6 Å². The van der Waals surface area contributed by atoms with E-state index in [-0.39, 0.29) is 51.0 Å². The first-order chi connectivity index (χ1) is 11.3. The predicted molar refractivity (Wildman–Crippen MR) is 97.1 cm³/mol. The van der Waals surface area contributed by atoms with Gasteiger partial charge in [-0.05, 0) is 29.9 Å². The number of rotatable bonds is 0. The molecule has 1 saturated carbocycles. The zero-order valence-electron chi connectivity index (χ0n) is 14.9. The van der Waals surface area contributed by atoms with Gasteiger partial charge < -0.3 is 24.8 Å². The van der Waals surface area contributed by atoms with Gasteiger partial charge in [0.25, 0.3) is 0 Å². The molecule has 26 heavy (non-hydrogen) atoms. The second-order valence-corrected chi connectivity index (χ2v) is 6.64. The monoisotopic (exact) mass is 458 g/mol. The molecule has 1 unspecified atom stereocenters. The van der Waals surface area contributed by atoms with E-state index in [0.717, 1.165) is 12.3 Å². The van der Waals surface area contributed by atoms with Gasteiger partial charge in [-0.2, -0.15) is 23.8 Å². The Hall–Kier alpha value is -0.747. The van der Waals surface area contributed by atoms with Crippen molar-refractivity contribution in [1.29, 1.82) is 0 Å². The van der Waals surface area contributed by atoms with E-state index in [1.165, 1.54) is 47.1 Å².